The predicted octanol–water partition coefficient (Wildman–Crippen LogP) is 1.03. The average Bonchev–Trinajstić information content (AvgIpc) is 3.12. The molecule has 2 aliphatic heterocycles. The molecule has 25 heavy (non-hydrogen) atoms. The van der Waals surface area contributed by atoms with Gasteiger partial charge in [-0.15, -0.1) is 0 Å². The third-order valence-corrected chi connectivity index (χ3v) is 6.82. The van der Waals surface area contributed by atoms with Crippen LogP contribution in [-0.2, 0) is 14.8 Å². The largest absolute Gasteiger partial charge is 0.383 e. The second kappa shape index (κ2) is 6.69. The van der Waals surface area contributed by atoms with E-state index in [2.05, 4.69) is 5.16 Å². The Kier molecular flexibility index (Phi) is 4.91. The molecule has 0 aromatic carbocycles. The zero-order valence-electron chi connectivity index (χ0n) is 14.9. The molecule has 1 amide bonds. The lowest BCUT2D eigenvalue weighted by Crippen LogP contribution is -2.57. The summed E-state index contributed by atoms with van der Waals surface area (Å²) in [5, 5.41) is 3.75. The van der Waals surface area contributed by atoms with Crippen LogP contribution < -0.4 is 0 Å². The molecule has 2 fully saturated rings. The molecule has 0 saturated carbocycles. The van der Waals surface area contributed by atoms with Gasteiger partial charge in [0, 0.05) is 31.8 Å². The van der Waals surface area contributed by atoms with Gasteiger partial charge in [0.15, 0.2) is 0 Å². The van der Waals surface area contributed by atoms with Crippen molar-refractivity contribution in [2.75, 3.05) is 33.1 Å². The summed E-state index contributed by atoms with van der Waals surface area (Å²) in [6.07, 6.45) is 5.50. The summed E-state index contributed by atoms with van der Waals surface area (Å²) in [6.45, 7) is 3.18. The summed E-state index contributed by atoms with van der Waals surface area (Å²) in [6, 6.07) is -0.123. The topological polar surface area (TPSA) is 92.9 Å². The van der Waals surface area contributed by atoms with Crippen LogP contribution in [0.25, 0.3) is 0 Å². The SMILES string of the molecule is COC[C@@H]1CCC2(CCN(C(=O)c3conc3C)CC2)N1S(C)(=O)=O. The highest BCUT2D eigenvalue weighted by atomic mass is 32.2. The molecular weight excluding hydrogens is 346 g/mol. The van der Waals surface area contributed by atoms with E-state index in [1.165, 1.54) is 12.5 Å². The number of rotatable bonds is 4. The number of likely N-dealkylation sites (tertiary alicyclic amines) is 1. The second-order valence-electron chi connectivity index (χ2n) is 7.04. The summed E-state index contributed by atoms with van der Waals surface area (Å²) in [5.74, 6) is -0.106. The van der Waals surface area contributed by atoms with Crippen LogP contribution >= 0.6 is 0 Å². The quantitative estimate of drug-likeness (QED) is 0.785. The number of hydrogen-bond donors (Lipinski definition) is 0. The van der Waals surface area contributed by atoms with Gasteiger partial charge in [0.1, 0.15) is 11.8 Å². The maximum absolute atomic E-state index is 12.6. The fourth-order valence-electron chi connectivity index (χ4n) is 4.28. The smallest absolute Gasteiger partial charge is 0.259 e. The Bertz CT molecular complexity index is 737. The Labute approximate surface area is 148 Å². The highest BCUT2D eigenvalue weighted by Gasteiger charge is 2.52. The van der Waals surface area contributed by atoms with Crippen LogP contribution in [0.2, 0.25) is 0 Å². The number of ether oxygens (including phenoxy) is 1. The lowest BCUT2D eigenvalue weighted by atomic mass is 9.86. The van der Waals surface area contributed by atoms with Gasteiger partial charge in [-0.3, -0.25) is 4.79 Å². The van der Waals surface area contributed by atoms with Crippen LogP contribution in [0.3, 0.4) is 0 Å². The van der Waals surface area contributed by atoms with E-state index < -0.39 is 15.6 Å². The summed E-state index contributed by atoms with van der Waals surface area (Å²) >= 11 is 0. The van der Waals surface area contributed by atoms with Crippen LogP contribution in [0.4, 0.5) is 0 Å². The van der Waals surface area contributed by atoms with Crippen LogP contribution in [0.5, 0.6) is 0 Å². The Morgan fingerprint density at radius 2 is 2.08 bits per heavy atom. The number of carbonyl (C=O) groups is 1. The van der Waals surface area contributed by atoms with E-state index in [0.717, 1.165) is 12.8 Å². The van der Waals surface area contributed by atoms with Gasteiger partial charge in [-0.2, -0.15) is 4.31 Å². The first-order valence-corrected chi connectivity index (χ1v) is 10.3. The van der Waals surface area contributed by atoms with Gasteiger partial charge in [-0.05, 0) is 32.6 Å². The first kappa shape index (κ1) is 18.3. The fraction of sp³-hybridized carbons (Fsp3) is 0.750. The van der Waals surface area contributed by atoms with Crippen molar-refractivity contribution in [1.82, 2.24) is 14.4 Å². The molecule has 0 bridgehead atoms. The number of nitrogens with zero attached hydrogens (tertiary/aromatic N) is 3. The van der Waals surface area contributed by atoms with Crippen molar-refractivity contribution in [2.24, 2.45) is 0 Å². The monoisotopic (exact) mass is 371 g/mol. The first-order chi connectivity index (χ1) is 11.8. The maximum atomic E-state index is 12.6. The molecule has 3 rings (SSSR count). The number of aromatic nitrogens is 1. The number of carbonyl (C=O) groups excluding carboxylic acids is 1. The highest BCUT2D eigenvalue weighted by Crippen LogP contribution is 2.43. The van der Waals surface area contributed by atoms with Gasteiger partial charge in [0.25, 0.3) is 5.91 Å². The minimum atomic E-state index is -3.34. The molecule has 0 N–H and O–H groups in total. The molecule has 1 spiro atoms. The van der Waals surface area contributed by atoms with Crippen LogP contribution in [0.1, 0.15) is 41.7 Å². The first-order valence-electron chi connectivity index (χ1n) is 8.47. The molecule has 140 valence electrons. The normalized spacial score (nSPS) is 24.1. The maximum Gasteiger partial charge on any atom is 0.259 e. The van der Waals surface area contributed by atoms with E-state index >= 15 is 0 Å². The minimum absolute atomic E-state index is 0.106. The number of methoxy groups -OCH3 is 1. The molecular formula is C16H25N3O5S. The third-order valence-electron chi connectivity index (χ3n) is 5.42. The molecule has 2 saturated heterocycles. The molecule has 2 aliphatic rings. The van der Waals surface area contributed by atoms with Gasteiger partial charge in [0.05, 0.1) is 18.6 Å². The number of amides is 1. The van der Waals surface area contributed by atoms with Gasteiger partial charge in [0.2, 0.25) is 10.0 Å². The molecule has 0 radical (unpaired) electrons. The molecule has 1 aromatic heterocycles. The third kappa shape index (κ3) is 3.32. The number of aryl methyl sites for hydroxylation is 1. The van der Waals surface area contributed by atoms with Crippen molar-refractivity contribution in [1.29, 1.82) is 0 Å². The molecule has 1 aromatic rings. The van der Waals surface area contributed by atoms with Gasteiger partial charge in [-0.25, -0.2) is 8.42 Å². The summed E-state index contributed by atoms with van der Waals surface area (Å²) < 4.78 is 36.5. The fourth-order valence-corrected chi connectivity index (χ4v) is 5.97. The average molecular weight is 371 g/mol. The molecule has 8 nitrogen and oxygen atoms in total. The number of piperidine rings is 1. The lowest BCUT2D eigenvalue weighted by molar-refractivity contribution is 0.0503. The predicted molar refractivity (Wildman–Crippen MR) is 90.7 cm³/mol. The van der Waals surface area contributed by atoms with E-state index in [1.54, 1.807) is 23.2 Å². The van der Waals surface area contributed by atoms with Crippen molar-refractivity contribution in [3.63, 3.8) is 0 Å². The van der Waals surface area contributed by atoms with E-state index in [4.69, 9.17) is 9.26 Å². The Balaban J connectivity index is 1.76. The lowest BCUT2D eigenvalue weighted by Gasteiger charge is -2.45. The molecule has 3 heterocycles. The van der Waals surface area contributed by atoms with E-state index in [9.17, 15) is 13.2 Å². The second-order valence-corrected chi connectivity index (χ2v) is 8.90. The van der Waals surface area contributed by atoms with Crippen LogP contribution in [-0.4, -0.2) is 73.3 Å². The summed E-state index contributed by atoms with van der Waals surface area (Å²) in [4.78, 5) is 14.4. The van der Waals surface area contributed by atoms with Crippen molar-refractivity contribution < 1.29 is 22.5 Å². The zero-order chi connectivity index (χ0) is 18.2. The van der Waals surface area contributed by atoms with Gasteiger partial charge < -0.3 is 14.2 Å². The number of hydrogen-bond acceptors (Lipinski definition) is 6. The number of sulfonamides is 1. The van der Waals surface area contributed by atoms with Crippen LogP contribution in [0, 0.1) is 6.92 Å². The Hall–Kier alpha value is -1.45. The van der Waals surface area contributed by atoms with Crippen molar-refractivity contribution in [2.45, 2.75) is 44.2 Å². The summed E-state index contributed by atoms with van der Waals surface area (Å²) in [7, 11) is -1.75. The summed E-state index contributed by atoms with van der Waals surface area (Å²) in [5.41, 5.74) is 0.640. The molecule has 0 unspecified atom stereocenters. The van der Waals surface area contributed by atoms with E-state index in [-0.39, 0.29) is 11.9 Å². The van der Waals surface area contributed by atoms with Crippen molar-refractivity contribution >= 4 is 15.9 Å². The van der Waals surface area contributed by atoms with Gasteiger partial charge >= 0.3 is 0 Å². The molecule has 9 heteroatoms. The Morgan fingerprint density at radius 3 is 2.60 bits per heavy atom. The standard InChI is InChI=1S/C16H25N3O5S/c1-12-14(11-24-17-12)15(20)18-8-6-16(7-9-18)5-4-13(10-23-2)19(16)25(3,21)22/h11,13H,4-10H2,1-3H3/t13-/m0/s1. The highest BCUT2D eigenvalue weighted by molar-refractivity contribution is 7.88. The Morgan fingerprint density at radius 1 is 1.40 bits per heavy atom. The minimum Gasteiger partial charge on any atom is -0.383 e. The molecule has 0 aliphatic carbocycles. The van der Waals surface area contributed by atoms with Gasteiger partial charge in [-0.1, -0.05) is 5.16 Å². The van der Waals surface area contributed by atoms with E-state index in [0.29, 0.717) is 43.8 Å². The van der Waals surface area contributed by atoms with Crippen molar-refractivity contribution in [3.05, 3.63) is 17.5 Å². The molecule has 1 atom stereocenters. The van der Waals surface area contributed by atoms with Crippen molar-refractivity contribution in [3.8, 4) is 0 Å². The van der Waals surface area contributed by atoms with Crippen LogP contribution in [0.15, 0.2) is 10.8 Å². The van der Waals surface area contributed by atoms with E-state index in [1.807, 2.05) is 0 Å². The zero-order valence-corrected chi connectivity index (χ0v) is 15.7.